The number of amides is 2. The molecule has 6 heteroatoms. The first-order valence-electron chi connectivity index (χ1n) is 11.2. The van der Waals surface area contributed by atoms with E-state index in [0.717, 1.165) is 35.4 Å². The first kappa shape index (κ1) is 23.9. The normalized spacial score (nSPS) is 10.4. The first-order valence-corrected chi connectivity index (χ1v) is 11.2. The summed E-state index contributed by atoms with van der Waals surface area (Å²) >= 11 is 0. The van der Waals surface area contributed by atoms with Gasteiger partial charge in [-0.25, -0.2) is 0 Å². The van der Waals surface area contributed by atoms with E-state index >= 15 is 0 Å². The highest BCUT2D eigenvalue weighted by Crippen LogP contribution is 2.24. The van der Waals surface area contributed by atoms with Gasteiger partial charge in [-0.3, -0.25) is 9.59 Å². The van der Waals surface area contributed by atoms with Crippen molar-refractivity contribution in [2.45, 2.75) is 33.6 Å². The molecule has 2 amide bonds. The number of para-hydroxylation sites is 1. The molecule has 0 radical (unpaired) electrons. The maximum atomic E-state index is 12.8. The van der Waals surface area contributed by atoms with Gasteiger partial charge in [0.1, 0.15) is 11.5 Å². The van der Waals surface area contributed by atoms with E-state index in [9.17, 15) is 9.59 Å². The standard InChI is InChI=1S/C27H30N2O4/c1-4-19-8-7-9-20(5-2)26(19)29-27(31)21-10-14-24(15-11-21)33-18-25(30)28-22-12-16-23(17-13-22)32-6-3/h7-17H,4-6,18H2,1-3H3,(H,28,30)(H,29,31). The van der Waals surface area contributed by atoms with Crippen molar-refractivity contribution in [3.8, 4) is 11.5 Å². The zero-order chi connectivity index (χ0) is 23.6. The number of carbonyl (C=O) groups excluding carboxylic acids is 2. The lowest BCUT2D eigenvalue weighted by molar-refractivity contribution is -0.118. The third kappa shape index (κ3) is 6.59. The zero-order valence-corrected chi connectivity index (χ0v) is 19.3. The number of carbonyl (C=O) groups is 2. The van der Waals surface area contributed by atoms with Crippen LogP contribution in [-0.2, 0) is 17.6 Å². The minimum absolute atomic E-state index is 0.136. The molecule has 172 valence electrons. The zero-order valence-electron chi connectivity index (χ0n) is 19.3. The third-order valence-electron chi connectivity index (χ3n) is 5.17. The van der Waals surface area contributed by atoms with E-state index in [1.165, 1.54) is 0 Å². The molecule has 0 spiro atoms. The van der Waals surface area contributed by atoms with Crippen LogP contribution in [0.5, 0.6) is 11.5 Å². The fraction of sp³-hybridized carbons (Fsp3) is 0.259. The van der Waals surface area contributed by atoms with Gasteiger partial charge < -0.3 is 20.1 Å². The molecule has 0 saturated carbocycles. The number of benzene rings is 3. The van der Waals surface area contributed by atoms with Crippen LogP contribution in [0, 0.1) is 0 Å². The van der Waals surface area contributed by atoms with Gasteiger partial charge in [-0.2, -0.15) is 0 Å². The molecule has 0 fully saturated rings. The Kier molecular flexibility index (Phi) is 8.47. The van der Waals surface area contributed by atoms with Crippen LogP contribution in [0.4, 0.5) is 11.4 Å². The van der Waals surface area contributed by atoms with Crippen LogP contribution in [0.2, 0.25) is 0 Å². The molecular formula is C27H30N2O4. The van der Waals surface area contributed by atoms with Crippen LogP contribution >= 0.6 is 0 Å². The minimum Gasteiger partial charge on any atom is -0.494 e. The maximum absolute atomic E-state index is 12.8. The van der Waals surface area contributed by atoms with E-state index in [2.05, 4.69) is 24.5 Å². The fourth-order valence-corrected chi connectivity index (χ4v) is 3.44. The average molecular weight is 447 g/mol. The molecule has 6 nitrogen and oxygen atoms in total. The van der Waals surface area contributed by atoms with E-state index in [1.807, 2.05) is 25.1 Å². The lowest BCUT2D eigenvalue weighted by atomic mass is 10.0. The molecule has 0 aliphatic carbocycles. The average Bonchev–Trinajstić information content (AvgIpc) is 2.84. The first-order chi connectivity index (χ1) is 16.0. The summed E-state index contributed by atoms with van der Waals surface area (Å²) in [4.78, 5) is 24.9. The molecular weight excluding hydrogens is 416 g/mol. The number of aryl methyl sites for hydroxylation is 2. The summed E-state index contributed by atoms with van der Waals surface area (Å²) in [5.74, 6) is 0.811. The SMILES string of the molecule is CCOc1ccc(NC(=O)COc2ccc(C(=O)Nc3c(CC)cccc3CC)cc2)cc1. The Morgan fingerprint density at radius 1 is 0.727 bits per heavy atom. The Bertz CT molecular complexity index is 1050. The van der Waals surface area contributed by atoms with Crippen molar-refractivity contribution >= 4 is 23.2 Å². The monoisotopic (exact) mass is 446 g/mol. The maximum Gasteiger partial charge on any atom is 0.262 e. The Balaban J connectivity index is 1.55. The van der Waals surface area contributed by atoms with E-state index in [0.29, 0.717) is 23.6 Å². The lowest BCUT2D eigenvalue weighted by Crippen LogP contribution is -2.20. The molecule has 0 bridgehead atoms. The van der Waals surface area contributed by atoms with Crippen LogP contribution in [-0.4, -0.2) is 25.0 Å². The molecule has 0 heterocycles. The molecule has 3 aromatic rings. The van der Waals surface area contributed by atoms with Crippen molar-refractivity contribution < 1.29 is 19.1 Å². The number of hydrogen-bond donors (Lipinski definition) is 2. The summed E-state index contributed by atoms with van der Waals surface area (Å²) in [7, 11) is 0. The van der Waals surface area contributed by atoms with Crippen molar-refractivity contribution in [3.63, 3.8) is 0 Å². The van der Waals surface area contributed by atoms with Crippen LogP contribution in [0.3, 0.4) is 0 Å². The van der Waals surface area contributed by atoms with Gasteiger partial charge in [0.2, 0.25) is 0 Å². The largest absolute Gasteiger partial charge is 0.494 e. The van der Waals surface area contributed by atoms with E-state index in [-0.39, 0.29) is 18.4 Å². The number of anilines is 2. The Morgan fingerprint density at radius 3 is 1.88 bits per heavy atom. The summed E-state index contributed by atoms with van der Waals surface area (Å²) in [5.41, 5.74) is 4.30. The number of rotatable bonds is 10. The number of ether oxygens (including phenoxy) is 2. The summed E-state index contributed by atoms with van der Waals surface area (Å²) in [6.45, 7) is 6.51. The predicted octanol–water partition coefficient (Wildman–Crippen LogP) is 5.48. The molecule has 0 aliphatic rings. The van der Waals surface area contributed by atoms with E-state index < -0.39 is 0 Å². The second kappa shape index (κ2) is 11.7. The summed E-state index contributed by atoms with van der Waals surface area (Å²) in [6.07, 6.45) is 1.68. The Labute approximate surface area is 194 Å². The lowest BCUT2D eigenvalue weighted by Gasteiger charge is -2.14. The third-order valence-corrected chi connectivity index (χ3v) is 5.17. The van der Waals surface area contributed by atoms with Crippen LogP contribution in [0.1, 0.15) is 42.3 Å². The molecule has 0 aliphatic heterocycles. The van der Waals surface area contributed by atoms with Gasteiger partial charge >= 0.3 is 0 Å². The molecule has 0 unspecified atom stereocenters. The molecule has 2 N–H and O–H groups in total. The van der Waals surface area contributed by atoms with Crippen molar-refractivity contribution in [2.75, 3.05) is 23.8 Å². The topological polar surface area (TPSA) is 76.7 Å². The van der Waals surface area contributed by atoms with Crippen molar-refractivity contribution in [1.29, 1.82) is 0 Å². The number of nitrogens with one attached hydrogen (secondary N) is 2. The molecule has 3 aromatic carbocycles. The molecule has 0 aromatic heterocycles. The summed E-state index contributed by atoms with van der Waals surface area (Å²) < 4.78 is 10.9. The van der Waals surface area contributed by atoms with Gasteiger partial charge in [0, 0.05) is 16.9 Å². The fourth-order valence-electron chi connectivity index (χ4n) is 3.44. The van der Waals surface area contributed by atoms with Crippen molar-refractivity contribution in [1.82, 2.24) is 0 Å². The van der Waals surface area contributed by atoms with Gasteiger partial charge in [-0.1, -0.05) is 32.0 Å². The Morgan fingerprint density at radius 2 is 1.30 bits per heavy atom. The van der Waals surface area contributed by atoms with E-state index in [1.54, 1.807) is 48.5 Å². The second-order valence-corrected chi connectivity index (χ2v) is 7.43. The predicted molar refractivity (Wildman–Crippen MR) is 131 cm³/mol. The van der Waals surface area contributed by atoms with Crippen molar-refractivity contribution in [2.24, 2.45) is 0 Å². The van der Waals surface area contributed by atoms with Gasteiger partial charge in [-0.05, 0) is 79.4 Å². The van der Waals surface area contributed by atoms with Crippen molar-refractivity contribution in [3.05, 3.63) is 83.4 Å². The number of hydrogen-bond acceptors (Lipinski definition) is 4. The molecule has 0 saturated heterocycles. The van der Waals surface area contributed by atoms with Gasteiger partial charge in [-0.15, -0.1) is 0 Å². The summed E-state index contributed by atoms with van der Waals surface area (Å²) in [6, 6.07) is 20.0. The molecule has 3 rings (SSSR count). The summed E-state index contributed by atoms with van der Waals surface area (Å²) in [5, 5.41) is 5.83. The smallest absolute Gasteiger partial charge is 0.262 e. The van der Waals surface area contributed by atoms with E-state index in [4.69, 9.17) is 9.47 Å². The van der Waals surface area contributed by atoms with Gasteiger partial charge in [0.05, 0.1) is 6.61 Å². The van der Waals surface area contributed by atoms with Gasteiger partial charge in [0.25, 0.3) is 11.8 Å². The Hall–Kier alpha value is -3.80. The van der Waals surface area contributed by atoms with Gasteiger partial charge in [0.15, 0.2) is 6.61 Å². The second-order valence-electron chi connectivity index (χ2n) is 7.43. The highest BCUT2D eigenvalue weighted by atomic mass is 16.5. The highest BCUT2D eigenvalue weighted by Gasteiger charge is 2.12. The minimum atomic E-state index is -0.274. The molecule has 33 heavy (non-hydrogen) atoms. The molecule has 0 atom stereocenters. The van der Waals surface area contributed by atoms with Crippen LogP contribution in [0.15, 0.2) is 66.7 Å². The highest BCUT2D eigenvalue weighted by molar-refractivity contribution is 6.05. The quantitative estimate of drug-likeness (QED) is 0.432. The van der Waals surface area contributed by atoms with Crippen LogP contribution in [0.25, 0.3) is 0 Å². The van der Waals surface area contributed by atoms with Crippen LogP contribution < -0.4 is 20.1 Å².